The summed E-state index contributed by atoms with van der Waals surface area (Å²) >= 11 is 1.26. The average Bonchev–Trinajstić information content (AvgIpc) is 3.20. The van der Waals surface area contributed by atoms with Crippen LogP contribution < -0.4 is 5.32 Å². The van der Waals surface area contributed by atoms with Gasteiger partial charge >= 0.3 is 12.0 Å². The maximum Gasteiger partial charge on any atom is 0.326 e. The second kappa shape index (κ2) is 6.95. The van der Waals surface area contributed by atoms with Crippen LogP contribution in [0.3, 0.4) is 0 Å². The third-order valence-corrected chi connectivity index (χ3v) is 5.86. The summed E-state index contributed by atoms with van der Waals surface area (Å²) in [7, 11) is 0. The van der Waals surface area contributed by atoms with Gasteiger partial charge in [0.25, 0.3) is 5.91 Å². The van der Waals surface area contributed by atoms with E-state index in [0.29, 0.717) is 11.3 Å². The SMILES string of the molecule is C[C@@H]1CCCC[C@@]12NC(=O)N(CC(=O)OCC(=O)c1cccs1)C2=O. The van der Waals surface area contributed by atoms with Crippen molar-refractivity contribution in [2.75, 3.05) is 13.2 Å². The molecule has 1 aliphatic carbocycles. The predicted octanol–water partition coefficient (Wildman–Crippen LogP) is 1.97. The van der Waals surface area contributed by atoms with Crippen molar-refractivity contribution in [2.24, 2.45) is 5.92 Å². The number of imide groups is 1. The number of ketones is 1. The van der Waals surface area contributed by atoms with Gasteiger partial charge in [-0.3, -0.25) is 19.3 Å². The highest BCUT2D eigenvalue weighted by atomic mass is 32.1. The Bertz CT molecular complexity index is 702. The summed E-state index contributed by atoms with van der Waals surface area (Å²) in [6.45, 7) is 1.07. The van der Waals surface area contributed by atoms with Gasteiger partial charge in [0.05, 0.1) is 4.88 Å². The van der Waals surface area contributed by atoms with Gasteiger partial charge in [-0.2, -0.15) is 0 Å². The molecule has 1 saturated heterocycles. The number of rotatable bonds is 5. The molecule has 2 aliphatic rings. The number of carbonyl (C=O) groups excluding carboxylic acids is 4. The van der Waals surface area contributed by atoms with Gasteiger partial charge in [0.1, 0.15) is 12.1 Å². The van der Waals surface area contributed by atoms with E-state index in [2.05, 4.69) is 5.32 Å². The normalized spacial score (nSPS) is 26.0. The molecule has 25 heavy (non-hydrogen) atoms. The summed E-state index contributed by atoms with van der Waals surface area (Å²) in [5.41, 5.74) is -0.900. The fraction of sp³-hybridized carbons (Fsp3) is 0.529. The lowest BCUT2D eigenvalue weighted by molar-refractivity contribution is -0.147. The fourth-order valence-corrected chi connectivity index (χ4v) is 4.12. The summed E-state index contributed by atoms with van der Waals surface area (Å²) in [4.78, 5) is 50.1. The lowest BCUT2D eigenvalue weighted by atomic mass is 9.73. The minimum atomic E-state index is -0.900. The highest BCUT2D eigenvalue weighted by Crippen LogP contribution is 2.38. The molecule has 1 saturated carbocycles. The molecule has 1 aliphatic heterocycles. The summed E-state index contributed by atoms with van der Waals surface area (Å²) < 4.78 is 4.93. The van der Waals surface area contributed by atoms with E-state index in [4.69, 9.17) is 4.74 Å². The van der Waals surface area contributed by atoms with E-state index in [1.807, 2.05) is 6.92 Å². The van der Waals surface area contributed by atoms with E-state index in [1.54, 1.807) is 17.5 Å². The van der Waals surface area contributed by atoms with Crippen LogP contribution in [-0.2, 0) is 14.3 Å². The molecular weight excluding hydrogens is 344 g/mol. The topological polar surface area (TPSA) is 92.8 Å². The standard InChI is InChI=1S/C17H20N2O5S/c1-11-5-2-3-7-17(11)15(22)19(16(23)18-17)9-14(21)24-10-12(20)13-6-4-8-25-13/h4,6,8,11H,2-3,5,7,9-10H2,1H3,(H,18,23)/t11-,17-/m1/s1. The molecule has 3 amide bonds. The van der Waals surface area contributed by atoms with E-state index in [0.717, 1.165) is 24.2 Å². The van der Waals surface area contributed by atoms with Gasteiger partial charge in [-0.25, -0.2) is 4.79 Å². The Kier molecular flexibility index (Phi) is 4.89. The number of thiophene rings is 1. The van der Waals surface area contributed by atoms with Crippen LogP contribution >= 0.6 is 11.3 Å². The summed E-state index contributed by atoms with van der Waals surface area (Å²) in [5.74, 6) is -1.42. The van der Waals surface area contributed by atoms with Crippen molar-refractivity contribution in [1.29, 1.82) is 0 Å². The molecule has 0 bridgehead atoms. The Hall–Kier alpha value is -2.22. The van der Waals surface area contributed by atoms with Gasteiger partial charge in [0, 0.05) is 0 Å². The molecule has 0 aromatic carbocycles. The van der Waals surface area contributed by atoms with Crippen LogP contribution in [0.4, 0.5) is 4.79 Å². The Morgan fingerprint density at radius 3 is 2.88 bits per heavy atom. The molecule has 1 aromatic heterocycles. The lowest BCUT2D eigenvalue weighted by Crippen LogP contribution is -2.54. The molecule has 8 heteroatoms. The molecule has 1 N–H and O–H groups in total. The van der Waals surface area contributed by atoms with Gasteiger partial charge < -0.3 is 10.1 Å². The van der Waals surface area contributed by atoms with E-state index in [9.17, 15) is 19.2 Å². The molecule has 2 heterocycles. The van der Waals surface area contributed by atoms with E-state index in [-0.39, 0.29) is 17.6 Å². The van der Waals surface area contributed by atoms with Crippen LogP contribution in [0.1, 0.15) is 42.3 Å². The van der Waals surface area contributed by atoms with E-state index >= 15 is 0 Å². The van der Waals surface area contributed by atoms with E-state index < -0.39 is 30.7 Å². The van der Waals surface area contributed by atoms with Crippen molar-refractivity contribution in [3.05, 3.63) is 22.4 Å². The molecule has 0 unspecified atom stereocenters. The van der Waals surface area contributed by atoms with Crippen LogP contribution in [0.2, 0.25) is 0 Å². The number of ether oxygens (including phenoxy) is 1. The molecule has 1 aromatic rings. The van der Waals surface area contributed by atoms with Gasteiger partial charge in [-0.05, 0) is 30.2 Å². The maximum atomic E-state index is 12.7. The number of amides is 3. The quantitative estimate of drug-likeness (QED) is 0.490. The number of nitrogens with zero attached hydrogens (tertiary/aromatic N) is 1. The summed E-state index contributed by atoms with van der Waals surface area (Å²) in [6, 6.07) is 2.81. The van der Waals surface area contributed by atoms with Crippen molar-refractivity contribution in [3.63, 3.8) is 0 Å². The predicted molar refractivity (Wildman–Crippen MR) is 90.2 cm³/mol. The minimum Gasteiger partial charge on any atom is -0.456 e. The lowest BCUT2D eigenvalue weighted by Gasteiger charge is -2.36. The Morgan fingerprint density at radius 2 is 2.20 bits per heavy atom. The van der Waals surface area contributed by atoms with Crippen LogP contribution in [0.25, 0.3) is 0 Å². The van der Waals surface area contributed by atoms with Gasteiger partial charge in [0.15, 0.2) is 6.61 Å². The largest absolute Gasteiger partial charge is 0.456 e. The molecule has 7 nitrogen and oxygen atoms in total. The minimum absolute atomic E-state index is 0.0270. The average molecular weight is 364 g/mol. The van der Waals surface area contributed by atoms with Gasteiger partial charge in [-0.1, -0.05) is 25.8 Å². The number of hydrogen-bond donors (Lipinski definition) is 1. The second-order valence-corrected chi connectivity index (χ2v) is 7.45. The second-order valence-electron chi connectivity index (χ2n) is 6.50. The first-order valence-corrected chi connectivity index (χ1v) is 9.18. The van der Waals surface area contributed by atoms with Crippen molar-refractivity contribution in [3.8, 4) is 0 Å². The fourth-order valence-electron chi connectivity index (χ4n) is 3.47. The van der Waals surface area contributed by atoms with Crippen molar-refractivity contribution in [2.45, 2.75) is 38.1 Å². The van der Waals surface area contributed by atoms with Crippen molar-refractivity contribution in [1.82, 2.24) is 10.2 Å². The first kappa shape index (κ1) is 17.6. The Labute approximate surface area is 149 Å². The van der Waals surface area contributed by atoms with Crippen LogP contribution in [0.15, 0.2) is 17.5 Å². The summed E-state index contributed by atoms with van der Waals surface area (Å²) in [5, 5.41) is 4.53. The first-order valence-electron chi connectivity index (χ1n) is 8.30. The van der Waals surface area contributed by atoms with Crippen molar-refractivity contribution >= 4 is 35.0 Å². The highest BCUT2D eigenvalue weighted by Gasteiger charge is 2.55. The van der Waals surface area contributed by atoms with Gasteiger partial charge in [-0.15, -0.1) is 11.3 Å². The zero-order valence-electron chi connectivity index (χ0n) is 13.9. The molecule has 2 atom stereocenters. The highest BCUT2D eigenvalue weighted by molar-refractivity contribution is 7.12. The van der Waals surface area contributed by atoms with Crippen LogP contribution in [0.5, 0.6) is 0 Å². The van der Waals surface area contributed by atoms with Crippen molar-refractivity contribution < 1.29 is 23.9 Å². The smallest absolute Gasteiger partial charge is 0.326 e. The summed E-state index contributed by atoms with van der Waals surface area (Å²) in [6.07, 6.45) is 3.34. The molecule has 0 radical (unpaired) electrons. The molecule has 134 valence electrons. The number of carbonyl (C=O) groups is 4. The van der Waals surface area contributed by atoms with Crippen LogP contribution in [-0.4, -0.2) is 47.3 Å². The zero-order valence-corrected chi connectivity index (χ0v) is 14.8. The van der Waals surface area contributed by atoms with E-state index in [1.165, 1.54) is 11.3 Å². The molecule has 1 spiro atoms. The monoisotopic (exact) mass is 364 g/mol. The molecule has 3 rings (SSSR count). The Morgan fingerprint density at radius 1 is 1.40 bits per heavy atom. The number of esters is 1. The third-order valence-electron chi connectivity index (χ3n) is 4.95. The molecular formula is C17H20N2O5S. The van der Waals surface area contributed by atoms with Gasteiger partial charge in [0.2, 0.25) is 5.78 Å². The number of hydrogen-bond acceptors (Lipinski definition) is 6. The number of Topliss-reactive ketones (excluding diaryl/α,β-unsaturated/α-hetero) is 1. The Balaban J connectivity index is 1.58. The number of urea groups is 1. The number of nitrogens with one attached hydrogen (secondary N) is 1. The molecule has 2 fully saturated rings. The third kappa shape index (κ3) is 3.30. The first-order chi connectivity index (χ1) is 11.9. The van der Waals surface area contributed by atoms with Crippen LogP contribution in [0, 0.1) is 5.92 Å². The maximum absolute atomic E-state index is 12.7. The zero-order chi connectivity index (χ0) is 18.0.